The molecule has 0 bridgehead atoms. The van der Waals surface area contributed by atoms with Crippen molar-refractivity contribution in [2.24, 2.45) is 0 Å². The van der Waals surface area contributed by atoms with Crippen LogP contribution >= 0.6 is 0 Å². The second kappa shape index (κ2) is 10.5. The first-order chi connectivity index (χ1) is 15.5. The van der Waals surface area contributed by atoms with Gasteiger partial charge in [-0.05, 0) is 75.4 Å². The maximum absolute atomic E-state index is 13.1. The average molecular weight is 441 g/mol. The van der Waals surface area contributed by atoms with E-state index in [4.69, 9.17) is 9.47 Å². The van der Waals surface area contributed by atoms with Crippen LogP contribution in [0.5, 0.6) is 5.75 Å². The summed E-state index contributed by atoms with van der Waals surface area (Å²) in [5, 5.41) is 3.20. The third kappa shape index (κ3) is 5.87. The number of likely N-dealkylation sites (N-methyl/N-ethyl adjacent to an activating group) is 1. The Labute approximate surface area is 189 Å². The molecule has 3 atom stereocenters. The second-order valence-electron chi connectivity index (χ2n) is 9.08. The highest BCUT2D eigenvalue weighted by Gasteiger charge is 2.45. The molecule has 1 aliphatic heterocycles. The van der Waals surface area contributed by atoms with Crippen LogP contribution in [0.1, 0.15) is 37.7 Å². The van der Waals surface area contributed by atoms with Crippen molar-refractivity contribution in [3.8, 4) is 5.75 Å². The van der Waals surface area contributed by atoms with Gasteiger partial charge in [-0.3, -0.25) is 4.79 Å². The highest BCUT2D eigenvalue weighted by Crippen LogP contribution is 2.41. The van der Waals surface area contributed by atoms with Crippen LogP contribution in [0.3, 0.4) is 0 Å². The molecule has 2 aliphatic rings. The lowest BCUT2D eigenvalue weighted by molar-refractivity contribution is -0.126. The lowest BCUT2D eigenvalue weighted by Gasteiger charge is -2.46. The summed E-state index contributed by atoms with van der Waals surface area (Å²) in [6.07, 6.45) is 5.98. The van der Waals surface area contributed by atoms with E-state index in [-0.39, 0.29) is 36.0 Å². The Hall–Kier alpha value is -2.44. The summed E-state index contributed by atoms with van der Waals surface area (Å²) < 4.78 is 24.8. The van der Waals surface area contributed by atoms with E-state index >= 15 is 0 Å². The van der Waals surface area contributed by atoms with Gasteiger partial charge in [-0.15, -0.1) is 0 Å². The number of halogens is 1. The molecule has 1 aliphatic carbocycles. The molecule has 2 fully saturated rings. The molecule has 2 aromatic rings. The first kappa shape index (κ1) is 22.7. The fraction of sp³-hybridized carbons (Fsp3) is 0.500. The van der Waals surface area contributed by atoms with E-state index in [2.05, 4.69) is 41.5 Å². The number of hydrogen-bond donors (Lipinski definition) is 1. The number of amides is 1. The molecule has 4 rings (SSSR count). The van der Waals surface area contributed by atoms with Gasteiger partial charge < -0.3 is 19.7 Å². The number of ether oxygens (including phenoxy) is 2. The van der Waals surface area contributed by atoms with Gasteiger partial charge >= 0.3 is 0 Å². The standard InChI is InChI=1S/C26H33FN2O3/c1-29(16-13-20-6-3-2-4-7-20)24-18-26(14-5-17-32-26)15-12-23(24)28-25(30)19-31-22-10-8-21(27)9-11-22/h2-4,6-11,23-24H,5,12-19H2,1H3,(H,28,30). The minimum atomic E-state index is -0.326. The number of carbonyl (C=O) groups is 1. The quantitative estimate of drug-likeness (QED) is 0.675. The summed E-state index contributed by atoms with van der Waals surface area (Å²) in [6, 6.07) is 16.5. The molecule has 1 heterocycles. The summed E-state index contributed by atoms with van der Waals surface area (Å²) in [7, 11) is 2.15. The number of benzene rings is 2. The molecular formula is C26H33FN2O3. The molecule has 1 saturated heterocycles. The maximum atomic E-state index is 13.1. The van der Waals surface area contributed by atoms with Crippen LogP contribution in [-0.2, 0) is 16.0 Å². The van der Waals surface area contributed by atoms with Crippen LogP contribution < -0.4 is 10.1 Å². The summed E-state index contributed by atoms with van der Waals surface area (Å²) in [5.74, 6) is 0.0116. The van der Waals surface area contributed by atoms with Crippen LogP contribution in [-0.4, -0.2) is 55.3 Å². The highest BCUT2D eigenvalue weighted by atomic mass is 19.1. The fourth-order valence-electron chi connectivity index (χ4n) is 5.03. The smallest absolute Gasteiger partial charge is 0.258 e. The topological polar surface area (TPSA) is 50.8 Å². The second-order valence-corrected chi connectivity index (χ2v) is 9.08. The zero-order valence-corrected chi connectivity index (χ0v) is 18.8. The van der Waals surface area contributed by atoms with Gasteiger partial charge in [-0.1, -0.05) is 30.3 Å². The Morgan fingerprint density at radius 1 is 1.19 bits per heavy atom. The van der Waals surface area contributed by atoms with Crippen molar-refractivity contribution >= 4 is 5.91 Å². The van der Waals surface area contributed by atoms with Gasteiger partial charge in [0.15, 0.2) is 6.61 Å². The fourth-order valence-corrected chi connectivity index (χ4v) is 5.03. The number of carbonyl (C=O) groups excluding carboxylic acids is 1. The van der Waals surface area contributed by atoms with Crippen molar-refractivity contribution in [1.82, 2.24) is 10.2 Å². The van der Waals surface area contributed by atoms with Crippen molar-refractivity contribution in [2.45, 2.75) is 56.2 Å². The van der Waals surface area contributed by atoms with E-state index in [1.54, 1.807) is 0 Å². The minimum absolute atomic E-state index is 0.0441. The Bertz CT molecular complexity index is 868. The molecule has 0 aromatic heterocycles. The number of rotatable bonds is 8. The molecule has 1 N–H and O–H groups in total. The molecule has 1 spiro atoms. The zero-order chi connectivity index (χ0) is 22.4. The van der Waals surface area contributed by atoms with Crippen LogP contribution in [0.25, 0.3) is 0 Å². The van der Waals surface area contributed by atoms with E-state index in [9.17, 15) is 9.18 Å². The first-order valence-electron chi connectivity index (χ1n) is 11.6. The van der Waals surface area contributed by atoms with Gasteiger partial charge in [-0.2, -0.15) is 0 Å². The van der Waals surface area contributed by atoms with E-state index in [0.29, 0.717) is 5.75 Å². The summed E-state index contributed by atoms with van der Waals surface area (Å²) in [4.78, 5) is 15.0. The lowest BCUT2D eigenvalue weighted by Crippen LogP contribution is -2.58. The lowest BCUT2D eigenvalue weighted by atomic mass is 9.76. The van der Waals surface area contributed by atoms with Gasteiger partial charge in [0.1, 0.15) is 11.6 Å². The van der Waals surface area contributed by atoms with Crippen LogP contribution in [0.4, 0.5) is 4.39 Å². The van der Waals surface area contributed by atoms with E-state index in [1.165, 1.54) is 29.8 Å². The molecule has 1 saturated carbocycles. The van der Waals surface area contributed by atoms with Crippen molar-refractivity contribution in [3.63, 3.8) is 0 Å². The van der Waals surface area contributed by atoms with Gasteiger partial charge in [0.2, 0.25) is 0 Å². The molecule has 6 heteroatoms. The molecule has 2 aromatic carbocycles. The third-order valence-corrected chi connectivity index (χ3v) is 6.83. The van der Waals surface area contributed by atoms with E-state index < -0.39 is 0 Å². The van der Waals surface area contributed by atoms with Crippen molar-refractivity contribution in [2.75, 3.05) is 26.8 Å². The number of nitrogens with zero attached hydrogens (tertiary/aromatic N) is 1. The monoisotopic (exact) mass is 440 g/mol. The Morgan fingerprint density at radius 2 is 1.97 bits per heavy atom. The van der Waals surface area contributed by atoms with Gasteiger partial charge in [0.05, 0.1) is 5.60 Å². The Kier molecular flexibility index (Phi) is 7.43. The first-order valence-corrected chi connectivity index (χ1v) is 11.6. The predicted octanol–water partition coefficient (Wildman–Crippen LogP) is 3.97. The number of nitrogens with one attached hydrogen (secondary N) is 1. The van der Waals surface area contributed by atoms with Crippen molar-refractivity contribution in [3.05, 3.63) is 66.0 Å². The van der Waals surface area contributed by atoms with E-state index in [1.807, 2.05) is 6.07 Å². The summed E-state index contributed by atoms with van der Waals surface area (Å²) in [5.41, 5.74) is 1.27. The molecule has 172 valence electrons. The van der Waals surface area contributed by atoms with Crippen LogP contribution in [0.2, 0.25) is 0 Å². The molecule has 32 heavy (non-hydrogen) atoms. The zero-order valence-electron chi connectivity index (χ0n) is 18.8. The molecule has 3 unspecified atom stereocenters. The van der Waals surface area contributed by atoms with Crippen LogP contribution in [0, 0.1) is 5.82 Å². The third-order valence-electron chi connectivity index (χ3n) is 6.83. The average Bonchev–Trinajstić information content (AvgIpc) is 3.27. The Balaban J connectivity index is 1.36. The van der Waals surface area contributed by atoms with Gasteiger partial charge in [0.25, 0.3) is 5.91 Å². The molecule has 1 amide bonds. The predicted molar refractivity (Wildman–Crippen MR) is 122 cm³/mol. The van der Waals surface area contributed by atoms with Crippen LogP contribution in [0.15, 0.2) is 54.6 Å². The normalized spacial score (nSPS) is 25.2. The summed E-state index contributed by atoms with van der Waals surface area (Å²) >= 11 is 0. The minimum Gasteiger partial charge on any atom is -0.484 e. The molecular weight excluding hydrogens is 407 g/mol. The molecule has 5 nitrogen and oxygen atoms in total. The maximum Gasteiger partial charge on any atom is 0.258 e. The highest BCUT2D eigenvalue weighted by molar-refractivity contribution is 5.78. The van der Waals surface area contributed by atoms with E-state index in [0.717, 1.165) is 51.7 Å². The largest absolute Gasteiger partial charge is 0.484 e. The number of hydrogen-bond acceptors (Lipinski definition) is 4. The van der Waals surface area contributed by atoms with Crippen molar-refractivity contribution < 1.29 is 18.7 Å². The molecule has 0 radical (unpaired) electrons. The van der Waals surface area contributed by atoms with Gasteiger partial charge in [-0.25, -0.2) is 4.39 Å². The van der Waals surface area contributed by atoms with Crippen molar-refractivity contribution in [1.29, 1.82) is 0 Å². The van der Waals surface area contributed by atoms with Gasteiger partial charge in [0, 0.05) is 25.2 Å². The SMILES string of the molecule is CN(CCc1ccccc1)C1CC2(CCCO2)CCC1NC(=O)COc1ccc(F)cc1. The Morgan fingerprint density at radius 3 is 2.69 bits per heavy atom. The summed E-state index contributed by atoms with van der Waals surface area (Å²) in [6.45, 7) is 1.68.